The molecule has 0 saturated carbocycles. The number of nitrogens with zero attached hydrogens (tertiary/aromatic N) is 1. The van der Waals surface area contributed by atoms with Crippen LogP contribution in [0.2, 0.25) is 0 Å². The average Bonchev–Trinajstić information content (AvgIpc) is 2.34. The largest absolute Gasteiger partial charge is 0.380 e. The topological polar surface area (TPSA) is 34.1 Å². The maximum atomic E-state index is 12.7. The molecule has 0 aromatic carbocycles. The molecule has 0 saturated heterocycles. The smallest absolute Gasteiger partial charge is 0.141 e. The summed E-state index contributed by atoms with van der Waals surface area (Å²) in [7, 11) is 0. The van der Waals surface area contributed by atoms with Gasteiger partial charge in [0.15, 0.2) is 0 Å². The van der Waals surface area contributed by atoms with E-state index in [-0.39, 0.29) is 11.9 Å². The molecule has 0 aliphatic carbocycles. The third-order valence-electron chi connectivity index (χ3n) is 2.36. The fourth-order valence-electron chi connectivity index (χ4n) is 1.36. The van der Waals surface area contributed by atoms with Gasteiger partial charge in [0.2, 0.25) is 0 Å². The Morgan fingerprint density at radius 1 is 1.53 bits per heavy atom. The Balaban J connectivity index is 2.18. The fraction of sp³-hybridized carbons (Fsp3) is 0.462. The van der Waals surface area contributed by atoms with E-state index in [1.165, 1.54) is 12.3 Å². The first kappa shape index (κ1) is 13.8. The van der Waals surface area contributed by atoms with Gasteiger partial charge in [0.25, 0.3) is 0 Å². The Kier molecular flexibility index (Phi) is 6.43. The Bertz CT molecular complexity index is 327. The van der Waals surface area contributed by atoms with Gasteiger partial charge >= 0.3 is 0 Å². The minimum absolute atomic E-state index is 0.0959. The molecule has 1 N–H and O–H groups in total. The molecule has 0 radical (unpaired) electrons. The van der Waals surface area contributed by atoms with Gasteiger partial charge < -0.3 is 10.1 Å². The lowest BCUT2D eigenvalue weighted by atomic mass is 10.2. The molecule has 0 bridgehead atoms. The van der Waals surface area contributed by atoms with Crippen molar-refractivity contribution in [1.29, 1.82) is 0 Å². The van der Waals surface area contributed by atoms with Crippen LogP contribution in [0.25, 0.3) is 0 Å². The first-order valence-corrected chi connectivity index (χ1v) is 5.77. The van der Waals surface area contributed by atoms with Crippen LogP contribution in [0.15, 0.2) is 31.0 Å². The van der Waals surface area contributed by atoms with Crippen LogP contribution in [-0.2, 0) is 4.74 Å². The van der Waals surface area contributed by atoms with Gasteiger partial charge in [0.1, 0.15) is 5.82 Å². The minimum atomic E-state index is -0.311. The van der Waals surface area contributed by atoms with Crippen LogP contribution in [0.3, 0.4) is 0 Å². The highest BCUT2D eigenvalue weighted by molar-refractivity contribution is 5.08. The Hall–Kier alpha value is -1.26. The summed E-state index contributed by atoms with van der Waals surface area (Å²) in [4.78, 5) is 4.01. The van der Waals surface area contributed by atoms with Gasteiger partial charge in [-0.2, -0.15) is 0 Å². The molecule has 1 aromatic heterocycles. The molecule has 4 heteroatoms. The number of pyridine rings is 1. The van der Waals surface area contributed by atoms with E-state index in [1.54, 1.807) is 6.07 Å². The van der Waals surface area contributed by atoms with Gasteiger partial charge in [-0.15, -0.1) is 6.58 Å². The van der Waals surface area contributed by atoms with Crippen molar-refractivity contribution in [3.8, 4) is 0 Å². The van der Waals surface area contributed by atoms with E-state index in [0.29, 0.717) is 13.2 Å². The standard InChI is InChI=1S/C13H19FN2O/c1-3-4-8-17-9-7-15-11(2)13-6-5-12(14)10-16-13/h3,5-6,10-11,15H,1,4,7-9H2,2H3. The van der Waals surface area contributed by atoms with Gasteiger partial charge in [-0.3, -0.25) is 4.98 Å². The molecule has 0 aliphatic heterocycles. The van der Waals surface area contributed by atoms with E-state index >= 15 is 0 Å². The fourth-order valence-corrected chi connectivity index (χ4v) is 1.36. The monoisotopic (exact) mass is 238 g/mol. The van der Waals surface area contributed by atoms with Crippen molar-refractivity contribution in [3.05, 3.63) is 42.5 Å². The molecule has 3 nitrogen and oxygen atoms in total. The summed E-state index contributed by atoms with van der Waals surface area (Å²) in [6.07, 6.45) is 3.93. The van der Waals surface area contributed by atoms with Gasteiger partial charge in [-0.25, -0.2) is 4.39 Å². The normalized spacial score (nSPS) is 12.4. The van der Waals surface area contributed by atoms with E-state index < -0.39 is 0 Å². The number of hydrogen-bond acceptors (Lipinski definition) is 3. The van der Waals surface area contributed by atoms with E-state index in [2.05, 4.69) is 16.9 Å². The number of aromatic nitrogens is 1. The minimum Gasteiger partial charge on any atom is -0.380 e. The third-order valence-corrected chi connectivity index (χ3v) is 2.36. The molecule has 0 spiro atoms. The van der Waals surface area contributed by atoms with Crippen LogP contribution in [-0.4, -0.2) is 24.7 Å². The maximum Gasteiger partial charge on any atom is 0.141 e. The molecule has 0 fully saturated rings. The number of ether oxygens (including phenoxy) is 1. The van der Waals surface area contributed by atoms with E-state index in [1.807, 2.05) is 13.0 Å². The zero-order valence-corrected chi connectivity index (χ0v) is 10.2. The van der Waals surface area contributed by atoms with Crippen LogP contribution in [0.4, 0.5) is 4.39 Å². The van der Waals surface area contributed by atoms with Crippen molar-refractivity contribution in [3.63, 3.8) is 0 Å². The molecule has 1 unspecified atom stereocenters. The van der Waals surface area contributed by atoms with Gasteiger partial charge in [-0.1, -0.05) is 6.08 Å². The molecule has 1 rings (SSSR count). The molecular weight excluding hydrogens is 219 g/mol. The van der Waals surface area contributed by atoms with Crippen molar-refractivity contribution in [1.82, 2.24) is 10.3 Å². The highest BCUT2D eigenvalue weighted by atomic mass is 19.1. The van der Waals surface area contributed by atoms with Crippen molar-refractivity contribution in [2.45, 2.75) is 19.4 Å². The average molecular weight is 238 g/mol. The predicted molar refractivity (Wildman–Crippen MR) is 66.2 cm³/mol. The quantitative estimate of drug-likeness (QED) is 0.558. The van der Waals surface area contributed by atoms with Crippen LogP contribution in [0.5, 0.6) is 0 Å². The maximum absolute atomic E-state index is 12.7. The van der Waals surface area contributed by atoms with Gasteiger partial charge in [0.05, 0.1) is 25.1 Å². The van der Waals surface area contributed by atoms with Crippen molar-refractivity contribution in [2.75, 3.05) is 19.8 Å². The molecule has 1 aromatic rings. The molecule has 0 amide bonds. The summed E-state index contributed by atoms with van der Waals surface area (Å²) in [6.45, 7) is 7.71. The number of nitrogens with one attached hydrogen (secondary N) is 1. The zero-order chi connectivity index (χ0) is 12.5. The molecule has 1 heterocycles. The van der Waals surface area contributed by atoms with E-state index in [0.717, 1.165) is 18.7 Å². The van der Waals surface area contributed by atoms with E-state index in [9.17, 15) is 4.39 Å². The summed E-state index contributed by atoms with van der Waals surface area (Å²) < 4.78 is 18.0. The second-order valence-corrected chi connectivity index (χ2v) is 3.77. The number of hydrogen-bond donors (Lipinski definition) is 1. The van der Waals surface area contributed by atoms with Crippen molar-refractivity contribution in [2.24, 2.45) is 0 Å². The summed E-state index contributed by atoms with van der Waals surface area (Å²) in [5.74, 6) is -0.311. The van der Waals surface area contributed by atoms with Crippen molar-refractivity contribution < 1.29 is 9.13 Å². The van der Waals surface area contributed by atoms with Gasteiger partial charge in [-0.05, 0) is 25.5 Å². The highest BCUT2D eigenvalue weighted by Gasteiger charge is 2.05. The second kappa shape index (κ2) is 7.92. The first-order valence-electron chi connectivity index (χ1n) is 5.77. The number of rotatable bonds is 8. The molecular formula is C13H19FN2O. The SMILES string of the molecule is C=CCCOCCNC(C)c1ccc(F)cn1. The summed E-state index contributed by atoms with van der Waals surface area (Å²) >= 11 is 0. The van der Waals surface area contributed by atoms with Crippen LogP contribution >= 0.6 is 0 Å². The lowest BCUT2D eigenvalue weighted by Crippen LogP contribution is -2.24. The molecule has 1 atom stereocenters. The Labute approximate surface area is 102 Å². The third kappa shape index (κ3) is 5.56. The summed E-state index contributed by atoms with van der Waals surface area (Å²) in [5.41, 5.74) is 0.831. The predicted octanol–water partition coefficient (Wildman–Crippen LogP) is 2.46. The second-order valence-electron chi connectivity index (χ2n) is 3.77. The highest BCUT2D eigenvalue weighted by Crippen LogP contribution is 2.08. The summed E-state index contributed by atoms with van der Waals surface area (Å²) in [6, 6.07) is 3.20. The molecule has 94 valence electrons. The lowest BCUT2D eigenvalue weighted by molar-refractivity contribution is 0.138. The molecule has 0 aliphatic rings. The number of halogens is 1. The Morgan fingerprint density at radius 2 is 2.35 bits per heavy atom. The zero-order valence-electron chi connectivity index (χ0n) is 10.2. The van der Waals surface area contributed by atoms with Crippen LogP contribution in [0, 0.1) is 5.82 Å². The lowest BCUT2D eigenvalue weighted by Gasteiger charge is -2.13. The first-order chi connectivity index (χ1) is 8.24. The summed E-state index contributed by atoms with van der Waals surface area (Å²) in [5, 5.41) is 3.26. The van der Waals surface area contributed by atoms with E-state index in [4.69, 9.17) is 4.74 Å². The molecule has 17 heavy (non-hydrogen) atoms. The van der Waals surface area contributed by atoms with Gasteiger partial charge in [0, 0.05) is 12.6 Å². The van der Waals surface area contributed by atoms with Crippen LogP contribution in [0.1, 0.15) is 25.1 Å². The van der Waals surface area contributed by atoms with Crippen molar-refractivity contribution >= 4 is 0 Å². The Morgan fingerprint density at radius 3 is 3.00 bits per heavy atom. The van der Waals surface area contributed by atoms with Crippen LogP contribution < -0.4 is 5.32 Å².